The maximum absolute atomic E-state index is 15.5. The molecule has 0 bridgehead atoms. The van der Waals surface area contributed by atoms with Gasteiger partial charge < -0.3 is 25.4 Å². The predicted molar refractivity (Wildman–Crippen MR) is 229 cm³/mol. The number of hydrogen-bond donors (Lipinski definition) is 2. The molecule has 2 fully saturated rings. The van der Waals surface area contributed by atoms with Gasteiger partial charge in [0, 0.05) is 56.5 Å². The fraction of sp³-hybridized carbons (Fsp3) is 0.444. The van der Waals surface area contributed by atoms with Gasteiger partial charge in [-0.1, -0.05) is 31.7 Å². The highest BCUT2D eigenvalue weighted by Crippen LogP contribution is 2.48. The van der Waals surface area contributed by atoms with Crippen molar-refractivity contribution < 1.29 is 19.0 Å². The zero-order valence-electron chi connectivity index (χ0n) is 34.3. The number of nitrogens with two attached hydrogens (primary N) is 1. The van der Waals surface area contributed by atoms with Crippen LogP contribution in [-0.2, 0) is 4.79 Å². The minimum Gasteiger partial charge on any atom is -0.508 e. The number of likely N-dealkylation sites (N-methyl/N-ethyl adjacent to an activating group) is 1. The summed E-state index contributed by atoms with van der Waals surface area (Å²) in [5, 5.41) is 12.4. The monoisotopic (exact) mass is 774 g/mol. The maximum Gasteiger partial charge on any atom is 0.319 e. The van der Waals surface area contributed by atoms with Crippen LogP contribution in [0.5, 0.6) is 11.8 Å². The van der Waals surface area contributed by atoms with E-state index in [-0.39, 0.29) is 34.9 Å². The number of amides is 1. The van der Waals surface area contributed by atoms with Crippen LogP contribution >= 0.6 is 0 Å². The Hall–Kier alpha value is -5.36. The number of carbonyl (C=O) groups excluding carboxylic acids is 1. The molecule has 4 aliphatic rings. The summed E-state index contributed by atoms with van der Waals surface area (Å²) in [6.07, 6.45) is 9.21. The van der Waals surface area contributed by atoms with Crippen molar-refractivity contribution in [2.45, 2.75) is 71.9 Å². The van der Waals surface area contributed by atoms with E-state index in [0.717, 1.165) is 61.1 Å². The summed E-state index contributed by atoms with van der Waals surface area (Å²) >= 11 is 0. The molecule has 3 aliphatic heterocycles. The van der Waals surface area contributed by atoms with Crippen molar-refractivity contribution in [2.75, 3.05) is 58.3 Å². The van der Waals surface area contributed by atoms with Gasteiger partial charge in [0.15, 0.2) is 0 Å². The number of carbonyl (C=O) groups is 1. The lowest BCUT2D eigenvalue weighted by atomic mass is 9.79. The number of ether oxygens (including phenoxy) is 1. The molecule has 2 atom stereocenters. The zero-order chi connectivity index (χ0) is 40.8. The number of halogens is 1. The van der Waals surface area contributed by atoms with E-state index >= 15 is 4.39 Å². The normalized spacial score (nSPS) is 23.0. The van der Waals surface area contributed by atoms with Gasteiger partial charge in [-0.15, -0.1) is 0 Å². The van der Waals surface area contributed by atoms with Crippen LogP contribution in [0.4, 0.5) is 10.2 Å². The highest BCUT2D eigenvalue weighted by atomic mass is 19.1. The number of aliphatic imine (C=N–C) groups is 2. The Bertz CT molecular complexity index is 2290. The van der Waals surface area contributed by atoms with Crippen LogP contribution in [0.3, 0.4) is 0 Å². The fourth-order valence-electron chi connectivity index (χ4n) is 9.24. The number of benzene rings is 2. The van der Waals surface area contributed by atoms with Gasteiger partial charge in [0.25, 0.3) is 5.91 Å². The average Bonchev–Trinajstić information content (AvgIpc) is 3.59. The van der Waals surface area contributed by atoms with Crippen molar-refractivity contribution in [1.82, 2.24) is 19.8 Å². The number of fused-ring (bicyclic) bond motifs is 3. The first-order valence-corrected chi connectivity index (χ1v) is 20.1. The third kappa shape index (κ3) is 7.47. The van der Waals surface area contributed by atoms with Crippen molar-refractivity contribution in [2.24, 2.45) is 21.6 Å². The fourth-order valence-corrected chi connectivity index (χ4v) is 9.24. The molecule has 0 saturated carbocycles. The quantitative estimate of drug-likeness (QED) is 0.219. The molecule has 1 aliphatic carbocycles. The van der Waals surface area contributed by atoms with Gasteiger partial charge in [0.2, 0.25) is 0 Å². The molecular weight excluding hydrogens is 720 g/mol. The van der Waals surface area contributed by atoms with Gasteiger partial charge in [-0.25, -0.2) is 4.39 Å². The van der Waals surface area contributed by atoms with Crippen LogP contribution in [0.15, 0.2) is 58.7 Å². The summed E-state index contributed by atoms with van der Waals surface area (Å²) in [4.78, 5) is 39.5. The molecular formula is C45H55FN8O3. The summed E-state index contributed by atoms with van der Waals surface area (Å²) in [5.74, 6) is 0.594. The van der Waals surface area contributed by atoms with Crippen LogP contribution < -0.4 is 15.4 Å². The Labute approximate surface area is 335 Å². The largest absolute Gasteiger partial charge is 0.508 e. The number of rotatable bonds is 9. The second kappa shape index (κ2) is 15.9. The molecule has 2 aromatic carbocycles. The molecule has 4 heterocycles. The Morgan fingerprint density at radius 2 is 2.02 bits per heavy atom. The number of aromatic nitrogens is 2. The van der Waals surface area contributed by atoms with Gasteiger partial charge in [-0.05, 0) is 112 Å². The number of phenols is 1. The van der Waals surface area contributed by atoms with Gasteiger partial charge >= 0.3 is 6.01 Å². The third-order valence-corrected chi connectivity index (χ3v) is 11.6. The molecule has 3 N–H and O–H groups in total. The molecule has 1 amide bonds. The number of phenolic OH excluding ortho intramolecular Hbond substituents is 1. The van der Waals surface area contributed by atoms with Crippen molar-refractivity contribution in [3.8, 4) is 11.8 Å². The number of aromatic hydroxyl groups is 1. The minimum atomic E-state index is -0.407. The van der Waals surface area contributed by atoms with Gasteiger partial charge in [0.05, 0.1) is 40.5 Å². The molecule has 2 saturated heterocycles. The number of anilines is 1. The van der Waals surface area contributed by atoms with Crippen LogP contribution in [0.2, 0.25) is 0 Å². The lowest BCUT2D eigenvalue weighted by Crippen LogP contribution is -2.43. The summed E-state index contributed by atoms with van der Waals surface area (Å²) in [6.45, 7) is 18.4. The summed E-state index contributed by atoms with van der Waals surface area (Å²) < 4.78 is 22.3. The van der Waals surface area contributed by atoms with Gasteiger partial charge in [0.1, 0.15) is 24.0 Å². The summed E-state index contributed by atoms with van der Waals surface area (Å²) in [5.41, 5.74) is 12.4. The van der Waals surface area contributed by atoms with E-state index in [1.54, 1.807) is 38.4 Å². The SMILES string of the molecule is C=Cc1c(F)ccc2cc(O)cc(C3=C(C)c4nc(OCC56CCCN5CC(C)C6)nc(N5CCCN=C(/C=C(\N)C(=O)N(C)C)C5)c4/C(=C/C)C3=NC(C)C)c12. The van der Waals surface area contributed by atoms with E-state index in [2.05, 4.69) is 23.3 Å². The molecule has 11 nitrogen and oxygen atoms in total. The molecule has 12 heteroatoms. The highest BCUT2D eigenvalue weighted by Gasteiger charge is 2.48. The minimum absolute atomic E-state index is 0.0474. The van der Waals surface area contributed by atoms with E-state index in [4.69, 9.17) is 30.4 Å². The van der Waals surface area contributed by atoms with E-state index in [1.807, 2.05) is 33.8 Å². The first kappa shape index (κ1) is 39.9. The van der Waals surface area contributed by atoms with E-state index in [0.29, 0.717) is 77.0 Å². The third-order valence-electron chi connectivity index (χ3n) is 11.6. The molecule has 2 unspecified atom stereocenters. The first-order valence-electron chi connectivity index (χ1n) is 20.1. The standard InChI is InChI=1S/C45H55FN8O3/c1-9-32-35(46)14-13-29-19-31(55)21-34(38(29)32)37-28(6)40-39(33(10-2)41(37)49-26(3)4)42(53-17-12-16-48-30(24-53)20-36(47)43(56)52(7)8)51-44(50-40)57-25-45-15-11-18-54(45)23-27(5)22-45/h9-10,13-14,19-21,26-27,55H,1,11-12,15-18,22-25,47H2,2-8H3/b33-10-,36-20-,49-41?. The summed E-state index contributed by atoms with van der Waals surface area (Å²) in [6, 6.07) is 6.55. The Balaban J connectivity index is 1.47. The molecule has 7 rings (SSSR count). The van der Waals surface area contributed by atoms with Crippen LogP contribution in [-0.4, -0.2) is 107 Å². The summed E-state index contributed by atoms with van der Waals surface area (Å²) in [7, 11) is 3.34. The number of allylic oxidation sites excluding steroid dienone is 4. The first-order chi connectivity index (χ1) is 27.2. The molecule has 57 heavy (non-hydrogen) atoms. The molecule has 0 radical (unpaired) electrons. The highest BCUT2D eigenvalue weighted by molar-refractivity contribution is 6.51. The maximum atomic E-state index is 15.5. The average molecular weight is 775 g/mol. The second-order valence-corrected chi connectivity index (χ2v) is 16.4. The smallest absolute Gasteiger partial charge is 0.319 e. The Morgan fingerprint density at radius 1 is 1.23 bits per heavy atom. The molecule has 3 aromatic rings. The number of nitrogens with zero attached hydrogens (tertiary/aromatic N) is 7. The Kier molecular flexibility index (Phi) is 11.1. The molecule has 0 spiro atoms. The second-order valence-electron chi connectivity index (χ2n) is 16.4. The van der Waals surface area contributed by atoms with Gasteiger partial charge in [-0.3, -0.25) is 19.7 Å². The van der Waals surface area contributed by atoms with E-state index in [9.17, 15) is 9.90 Å². The Morgan fingerprint density at radius 3 is 2.74 bits per heavy atom. The van der Waals surface area contributed by atoms with Crippen molar-refractivity contribution in [3.05, 3.63) is 76.9 Å². The van der Waals surface area contributed by atoms with Gasteiger partial charge in [-0.2, -0.15) is 9.97 Å². The zero-order valence-corrected chi connectivity index (χ0v) is 34.3. The van der Waals surface area contributed by atoms with E-state index < -0.39 is 5.82 Å². The lowest BCUT2D eigenvalue weighted by Gasteiger charge is -2.33. The van der Waals surface area contributed by atoms with Crippen LogP contribution in [0.25, 0.3) is 33.6 Å². The number of hydrogen-bond acceptors (Lipinski definition) is 10. The molecule has 300 valence electrons. The van der Waals surface area contributed by atoms with Crippen LogP contribution in [0, 0.1) is 11.7 Å². The predicted octanol–water partition coefficient (Wildman–Crippen LogP) is 7.15. The van der Waals surface area contributed by atoms with Crippen molar-refractivity contribution >= 4 is 56.7 Å². The molecule has 1 aromatic heterocycles. The van der Waals surface area contributed by atoms with Crippen molar-refractivity contribution in [3.63, 3.8) is 0 Å². The van der Waals surface area contributed by atoms with Crippen LogP contribution in [0.1, 0.15) is 82.7 Å². The van der Waals surface area contributed by atoms with E-state index in [1.165, 1.54) is 17.0 Å². The van der Waals surface area contributed by atoms with Crippen molar-refractivity contribution in [1.29, 1.82) is 0 Å². The topological polar surface area (TPSA) is 133 Å². The lowest BCUT2D eigenvalue weighted by molar-refractivity contribution is -0.124.